The highest BCUT2D eigenvalue weighted by atomic mass is 35.5. The molecule has 0 unspecified atom stereocenters. The van der Waals surface area contributed by atoms with Crippen LogP contribution in [0.25, 0.3) is 11.0 Å². The molecule has 2 rings (SSSR count). The standard InChI is InChI=1S/C10H9Cl2N3O3/c1-2-18-10(17)14-15-8-6(13-9(15)16)4-3-5(11)7(8)12/h3-4H,2H2,1H3,(H,13,16)(H,14,17). The van der Waals surface area contributed by atoms with E-state index in [0.717, 1.165) is 4.68 Å². The number of H-pyrrole nitrogens is 1. The van der Waals surface area contributed by atoms with E-state index in [4.69, 9.17) is 23.2 Å². The smallest absolute Gasteiger partial charge is 0.426 e. The number of benzene rings is 1. The van der Waals surface area contributed by atoms with Crippen LogP contribution in [0.2, 0.25) is 10.0 Å². The molecular weight excluding hydrogens is 281 g/mol. The molecule has 0 spiro atoms. The molecule has 0 fully saturated rings. The molecule has 1 aromatic carbocycles. The van der Waals surface area contributed by atoms with Crippen molar-refractivity contribution in [2.45, 2.75) is 6.92 Å². The van der Waals surface area contributed by atoms with Gasteiger partial charge in [-0.15, -0.1) is 0 Å². The lowest BCUT2D eigenvalue weighted by Gasteiger charge is -2.07. The largest absolute Gasteiger partial charge is 0.449 e. The zero-order valence-electron chi connectivity index (χ0n) is 9.29. The minimum atomic E-state index is -0.753. The summed E-state index contributed by atoms with van der Waals surface area (Å²) in [4.78, 5) is 25.5. The zero-order chi connectivity index (χ0) is 13.3. The average Bonchev–Trinajstić information content (AvgIpc) is 2.62. The molecule has 2 N–H and O–H groups in total. The second-order valence-corrected chi connectivity index (χ2v) is 4.14. The van der Waals surface area contributed by atoms with E-state index in [1.165, 1.54) is 0 Å². The second-order valence-electron chi connectivity index (χ2n) is 3.36. The van der Waals surface area contributed by atoms with Gasteiger partial charge in [0, 0.05) is 0 Å². The summed E-state index contributed by atoms with van der Waals surface area (Å²) in [5.74, 6) is 0. The lowest BCUT2D eigenvalue weighted by molar-refractivity contribution is 0.164. The number of carbonyl (C=O) groups excluding carboxylic acids is 1. The van der Waals surface area contributed by atoms with Gasteiger partial charge in [0.2, 0.25) is 0 Å². The third-order valence-corrected chi connectivity index (χ3v) is 3.01. The van der Waals surface area contributed by atoms with Gasteiger partial charge in [-0.3, -0.25) is 0 Å². The summed E-state index contributed by atoms with van der Waals surface area (Å²) < 4.78 is 5.65. The van der Waals surface area contributed by atoms with E-state index in [9.17, 15) is 9.59 Å². The van der Waals surface area contributed by atoms with Crippen molar-refractivity contribution in [2.75, 3.05) is 12.0 Å². The topological polar surface area (TPSA) is 76.1 Å². The molecule has 1 heterocycles. The van der Waals surface area contributed by atoms with Crippen molar-refractivity contribution in [1.29, 1.82) is 0 Å². The van der Waals surface area contributed by atoms with Gasteiger partial charge in [0.1, 0.15) is 5.52 Å². The lowest BCUT2D eigenvalue weighted by atomic mass is 10.3. The van der Waals surface area contributed by atoms with Gasteiger partial charge in [-0.05, 0) is 19.1 Å². The van der Waals surface area contributed by atoms with Crippen LogP contribution in [-0.2, 0) is 4.74 Å². The van der Waals surface area contributed by atoms with E-state index in [2.05, 4.69) is 15.1 Å². The summed E-state index contributed by atoms with van der Waals surface area (Å²) in [6.07, 6.45) is -0.753. The Balaban J connectivity index is 2.56. The van der Waals surface area contributed by atoms with Gasteiger partial charge in [0.05, 0.1) is 22.2 Å². The number of hydrogen-bond acceptors (Lipinski definition) is 3. The Hall–Kier alpha value is -1.66. The summed E-state index contributed by atoms with van der Waals surface area (Å²) in [7, 11) is 0. The van der Waals surface area contributed by atoms with Gasteiger partial charge in [-0.2, -0.15) is 4.68 Å². The monoisotopic (exact) mass is 289 g/mol. The van der Waals surface area contributed by atoms with Gasteiger partial charge in [-0.25, -0.2) is 15.0 Å². The van der Waals surface area contributed by atoms with Crippen molar-refractivity contribution < 1.29 is 9.53 Å². The molecule has 1 amide bonds. The molecule has 6 nitrogen and oxygen atoms in total. The number of aromatic nitrogens is 2. The Labute approximate surface area is 111 Å². The van der Waals surface area contributed by atoms with Crippen molar-refractivity contribution >= 4 is 40.3 Å². The minimum absolute atomic E-state index is 0.171. The van der Waals surface area contributed by atoms with Crippen LogP contribution in [0.3, 0.4) is 0 Å². The third kappa shape index (κ3) is 2.16. The first kappa shape index (κ1) is 12.8. The van der Waals surface area contributed by atoms with E-state index in [1.807, 2.05) is 0 Å². The number of ether oxygens (including phenoxy) is 1. The molecule has 2 aromatic rings. The number of imidazole rings is 1. The second kappa shape index (κ2) is 4.91. The fourth-order valence-electron chi connectivity index (χ4n) is 1.49. The van der Waals surface area contributed by atoms with Crippen LogP contribution >= 0.6 is 23.2 Å². The molecule has 0 aliphatic rings. The number of rotatable bonds is 2. The Morgan fingerprint density at radius 2 is 2.22 bits per heavy atom. The van der Waals surface area contributed by atoms with E-state index in [1.54, 1.807) is 19.1 Å². The van der Waals surface area contributed by atoms with Crippen LogP contribution < -0.4 is 11.1 Å². The molecule has 18 heavy (non-hydrogen) atoms. The fraction of sp³-hybridized carbons (Fsp3) is 0.200. The van der Waals surface area contributed by atoms with Crippen LogP contribution in [0.1, 0.15) is 6.92 Å². The molecule has 0 aliphatic carbocycles. The maximum absolute atomic E-state index is 11.7. The molecule has 0 saturated carbocycles. The SMILES string of the molecule is CCOC(=O)Nn1c(=O)[nH]c2ccc(Cl)c(Cl)c21. The van der Waals surface area contributed by atoms with Crippen LogP contribution in [-0.4, -0.2) is 22.4 Å². The molecule has 8 heteroatoms. The van der Waals surface area contributed by atoms with Crippen LogP contribution in [0.4, 0.5) is 4.79 Å². The molecule has 96 valence electrons. The highest BCUT2D eigenvalue weighted by molar-refractivity contribution is 6.45. The predicted molar refractivity (Wildman–Crippen MR) is 69.0 cm³/mol. The Morgan fingerprint density at radius 1 is 1.50 bits per heavy atom. The van der Waals surface area contributed by atoms with Crippen molar-refractivity contribution in [1.82, 2.24) is 9.66 Å². The maximum Gasteiger partial charge on any atom is 0.426 e. The number of hydrogen-bond donors (Lipinski definition) is 2. The number of fused-ring (bicyclic) bond motifs is 1. The van der Waals surface area contributed by atoms with Gasteiger partial charge < -0.3 is 9.72 Å². The predicted octanol–water partition coefficient (Wildman–Crippen LogP) is 2.34. The van der Waals surface area contributed by atoms with E-state index in [-0.39, 0.29) is 16.7 Å². The number of amides is 1. The normalized spacial score (nSPS) is 10.6. The molecule has 0 saturated heterocycles. The first-order chi connectivity index (χ1) is 8.54. The molecular formula is C10H9Cl2N3O3. The van der Waals surface area contributed by atoms with Crippen LogP contribution in [0, 0.1) is 0 Å². The Kier molecular flexibility index (Phi) is 3.49. The zero-order valence-corrected chi connectivity index (χ0v) is 10.8. The van der Waals surface area contributed by atoms with Crippen molar-refractivity contribution in [3.05, 3.63) is 32.7 Å². The quantitative estimate of drug-likeness (QED) is 0.891. The summed E-state index contributed by atoms with van der Waals surface area (Å²) >= 11 is 11.9. The van der Waals surface area contributed by atoms with Crippen LogP contribution in [0.5, 0.6) is 0 Å². The summed E-state index contributed by atoms with van der Waals surface area (Å²) in [5, 5.41) is 0.451. The first-order valence-corrected chi connectivity index (χ1v) is 5.82. The van der Waals surface area contributed by atoms with Gasteiger partial charge in [0.15, 0.2) is 0 Å². The van der Waals surface area contributed by atoms with E-state index in [0.29, 0.717) is 11.0 Å². The minimum Gasteiger partial charge on any atom is -0.449 e. The molecule has 0 aliphatic heterocycles. The highest BCUT2D eigenvalue weighted by Crippen LogP contribution is 2.28. The van der Waals surface area contributed by atoms with Crippen molar-refractivity contribution in [3.8, 4) is 0 Å². The summed E-state index contributed by atoms with van der Waals surface area (Å²) in [5.41, 5.74) is 2.49. The van der Waals surface area contributed by atoms with Crippen LogP contribution in [0.15, 0.2) is 16.9 Å². The van der Waals surface area contributed by atoms with Gasteiger partial charge >= 0.3 is 11.8 Å². The number of nitrogens with one attached hydrogen (secondary N) is 2. The Morgan fingerprint density at radius 3 is 2.89 bits per heavy atom. The van der Waals surface area contributed by atoms with E-state index >= 15 is 0 Å². The lowest BCUT2D eigenvalue weighted by Crippen LogP contribution is -2.31. The van der Waals surface area contributed by atoms with Gasteiger partial charge in [-0.1, -0.05) is 23.2 Å². The van der Waals surface area contributed by atoms with Gasteiger partial charge in [0.25, 0.3) is 0 Å². The molecule has 0 radical (unpaired) electrons. The number of carbonyl (C=O) groups is 1. The average molecular weight is 290 g/mol. The Bertz CT molecular complexity index is 662. The van der Waals surface area contributed by atoms with E-state index < -0.39 is 11.8 Å². The highest BCUT2D eigenvalue weighted by Gasteiger charge is 2.14. The fourth-order valence-corrected chi connectivity index (χ4v) is 1.90. The molecule has 0 bridgehead atoms. The van der Waals surface area contributed by atoms with Crippen molar-refractivity contribution in [2.24, 2.45) is 0 Å². The maximum atomic E-state index is 11.7. The number of nitrogens with zero attached hydrogens (tertiary/aromatic N) is 1. The summed E-state index contributed by atoms with van der Waals surface area (Å²) in [6.45, 7) is 1.85. The number of halogens is 2. The molecule has 0 atom stereocenters. The third-order valence-electron chi connectivity index (χ3n) is 2.22. The summed E-state index contributed by atoms with van der Waals surface area (Å²) in [6, 6.07) is 3.14. The first-order valence-electron chi connectivity index (χ1n) is 5.07. The number of aromatic amines is 1. The van der Waals surface area contributed by atoms with Crippen molar-refractivity contribution in [3.63, 3.8) is 0 Å². The molecule has 1 aromatic heterocycles.